The third-order valence-electron chi connectivity index (χ3n) is 2.60. The summed E-state index contributed by atoms with van der Waals surface area (Å²) in [6.45, 7) is -0.480. The van der Waals surface area contributed by atoms with Crippen molar-refractivity contribution in [1.29, 1.82) is 0 Å². The molecule has 0 bridgehead atoms. The van der Waals surface area contributed by atoms with Crippen molar-refractivity contribution in [2.24, 2.45) is 0 Å². The molecule has 1 aromatic carbocycles. The smallest absolute Gasteiger partial charge is 0.471 e. The topological polar surface area (TPSA) is 76.7 Å². The Kier molecular flexibility index (Phi) is 6.02. The van der Waals surface area contributed by atoms with Gasteiger partial charge >= 0.3 is 12.1 Å². The van der Waals surface area contributed by atoms with Crippen LogP contribution in [0.15, 0.2) is 18.2 Å². The number of benzene rings is 1. The zero-order chi connectivity index (χ0) is 16.8. The van der Waals surface area contributed by atoms with Gasteiger partial charge in [-0.3, -0.25) is 9.59 Å². The van der Waals surface area contributed by atoms with Crippen molar-refractivity contribution in [2.45, 2.75) is 6.18 Å². The Morgan fingerprint density at radius 1 is 1.05 bits per heavy atom. The molecule has 0 saturated heterocycles. The molecule has 0 aliphatic carbocycles. The molecular weight excluding hydrogens is 305 g/mol. The highest BCUT2D eigenvalue weighted by molar-refractivity contribution is 5.94. The number of hydrogen-bond acceptors (Lipinski definition) is 4. The molecule has 0 aliphatic heterocycles. The summed E-state index contributed by atoms with van der Waals surface area (Å²) >= 11 is 0. The molecule has 2 amide bonds. The summed E-state index contributed by atoms with van der Waals surface area (Å²) in [5.41, 5.74) is 0.250. The predicted molar refractivity (Wildman–Crippen MR) is 70.9 cm³/mol. The normalized spacial score (nSPS) is 10.8. The number of carbonyl (C=O) groups is 2. The largest absolute Gasteiger partial charge is 0.493 e. The first-order chi connectivity index (χ1) is 10.3. The molecule has 9 heteroatoms. The molecule has 0 unspecified atom stereocenters. The highest BCUT2D eigenvalue weighted by Gasteiger charge is 2.38. The molecule has 1 aromatic rings. The molecule has 0 atom stereocenters. The maximum absolute atomic E-state index is 11.9. The lowest BCUT2D eigenvalue weighted by atomic mass is 10.2. The molecule has 0 radical (unpaired) electrons. The standard InChI is InChI=1S/C13H15F3N2O4/c1-21-9-4-3-8(7-10(9)22-2)11(19)17-5-6-18-12(20)13(14,15)16/h3-4,7H,5-6H2,1-2H3,(H,17,19)(H,18,20). The van der Waals surface area contributed by atoms with Gasteiger partial charge in [-0.1, -0.05) is 0 Å². The first-order valence-electron chi connectivity index (χ1n) is 6.15. The third-order valence-corrected chi connectivity index (χ3v) is 2.60. The second-order valence-electron chi connectivity index (χ2n) is 4.08. The summed E-state index contributed by atoms with van der Waals surface area (Å²) in [5.74, 6) is -1.77. The molecule has 0 fully saturated rings. The van der Waals surface area contributed by atoms with E-state index in [0.717, 1.165) is 0 Å². The van der Waals surface area contributed by atoms with Crippen LogP contribution in [0.2, 0.25) is 0 Å². The molecule has 0 saturated carbocycles. The molecule has 0 aromatic heterocycles. The molecular formula is C13H15F3N2O4. The van der Waals surface area contributed by atoms with Gasteiger partial charge in [0.2, 0.25) is 0 Å². The van der Waals surface area contributed by atoms with Crippen LogP contribution in [0.1, 0.15) is 10.4 Å². The minimum atomic E-state index is -4.94. The van der Waals surface area contributed by atoms with Gasteiger partial charge in [0.1, 0.15) is 0 Å². The number of amides is 2. The lowest BCUT2D eigenvalue weighted by Gasteiger charge is -2.11. The number of rotatable bonds is 6. The van der Waals surface area contributed by atoms with Crippen LogP contribution in [-0.2, 0) is 4.79 Å². The summed E-state index contributed by atoms with van der Waals surface area (Å²) in [5, 5.41) is 4.02. The van der Waals surface area contributed by atoms with Crippen LogP contribution in [0, 0.1) is 0 Å². The van der Waals surface area contributed by atoms with E-state index in [9.17, 15) is 22.8 Å². The van der Waals surface area contributed by atoms with Crippen LogP contribution >= 0.6 is 0 Å². The van der Waals surface area contributed by atoms with Gasteiger partial charge in [-0.25, -0.2) is 0 Å². The predicted octanol–water partition coefficient (Wildman–Crippen LogP) is 1.11. The van der Waals surface area contributed by atoms with E-state index >= 15 is 0 Å². The van der Waals surface area contributed by atoms with Gasteiger partial charge < -0.3 is 20.1 Å². The summed E-state index contributed by atoms with van der Waals surface area (Å²) in [6, 6.07) is 4.44. The van der Waals surface area contributed by atoms with E-state index in [2.05, 4.69) is 5.32 Å². The van der Waals surface area contributed by atoms with Crippen LogP contribution in [0.5, 0.6) is 11.5 Å². The summed E-state index contributed by atoms with van der Waals surface area (Å²) in [4.78, 5) is 22.4. The molecule has 1 rings (SSSR count). The summed E-state index contributed by atoms with van der Waals surface area (Å²) < 4.78 is 45.8. The number of nitrogens with one attached hydrogen (secondary N) is 2. The van der Waals surface area contributed by atoms with Gasteiger partial charge in [-0.2, -0.15) is 13.2 Å². The fourth-order valence-corrected chi connectivity index (χ4v) is 1.53. The quantitative estimate of drug-likeness (QED) is 0.770. The zero-order valence-corrected chi connectivity index (χ0v) is 11.9. The van der Waals surface area contributed by atoms with Crippen molar-refractivity contribution in [1.82, 2.24) is 10.6 Å². The number of carbonyl (C=O) groups excluding carboxylic acids is 2. The molecule has 122 valence electrons. The van der Waals surface area contributed by atoms with E-state index in [4.69, 9.17) is 9.47 Å². The summed E-state index contributed by atoms with van der Waals surface area (Å²) in [7, 11) is 2.85. The maximum atomic E-state index is 11.9. The fourth-order valence-electron chi connectivity index (χ4n) is 1.53. The van der Waals surface area contributed by atoms with Gasteiger partial charge in [0, 0.05) is 18.7 Å². The van der Waals surface area contributed by atoms with Gasteiger partial charge in [0.05, 0.1) is 14.2 Å². The number of alkyl halides is 3. The maximum Gasteiger partial charge on any atom is 0.471 e. The van der Waals surface area contributed by atoms with E-state index in [-0.39, 0.29) is 18.7 Å². The van der Waals surface area contributed by atoms with E-state index < -0.39 is 18.0 Å². The Labute approximate surface area is 124 Å². The van der Waals surface area contributed by atoms with Crippen LogP contribution < -0.4 is 20.1 Å². The number of hydrogen-bond donors (Lipinski definition) is 2. The second kappa shape index (κ2) is 7.53. The fraction of sp³-hybridized carbons (Fsp3) is 0.385. The monoisotopic (exact) mass is 320 g/mol. The zero-order valence-electron chi connectivity index (χ0n) is 11.9. The number of halogens is 3. The van der Waals surface area contributed by atoms with Crippen molar-refractivity contribution in [3.05, 3.63) is 23.8 Å². The Morgan fingerprint density at radius 2 is 1.64 bits per heavy atom. The lowest BCUT2D eigenvalue weighted by molar-refractivity contribution is -0.173. The average molecular weight is 320 g/mol. The van der Waals surface area contributed by atoms with Gasteiger partial charge in [-0.15, -0.1) is 0 Å². The Morgan fingerprint density at radius 3 is 2.18 bits per heavy atom. The number of ether oxygens (including phenoxy) is 2. The first kappa shape index (κ1) is 17.6. The van der Waals surface area contributed by atoms with E-state index in [1.165, 1.54) is 32.4 Å². The molecule has 0 heterocycles. The van der Waals surface area contributed by atoms with E-state index in [1.807, 2.05) is 0 Å². The van der Waals surface area contributed by atoms with Gasteiger partial charge in [0.15, 0.2) is 11.5 Å². The SMILES string of the molecule is COc1ccc(C(=O)NCCNC(=O)C(F)(F)F)cc1OC. The molecule has 0 spiro atoms. The Hall–Kier alpha value is -2.45. The van der Waals surface area contributed by atoms with Crippen LogP contribution in [-0.4, -0.2) is 45.3 Å². The molecule has 22 heavy (non-hydrogen) atoms. The van der Waals surface area contributed by atoms with Crippen molar-refractivity contribution in [2.75, 3.05) is 27.3 Å². The van der Waals surface area contributed by atoms with Gasteiger partial charge in [-0.05, 0) is 18.2 Å². The third kappa shape index (κ3) is 4.83. The van der Waals surface area contributed by atoms with Crippen molar-refractivity contribution >= 4 is 11.8 Å². The average Bonchev–Trinajstić information content (AvgIpc) is 2.49. The minimum absolute atomic E-state index is 0.144. The minimum Gasteiger partial charge on any atom is -0.493 e. The molecule has 6 nitrogen and oxygen atoms in total. The van der Waals surface area contributed by atoms with Crippen LogP contribution in [0.3, 0.4) is 0 Å². The summed E-state index contributed by atoms with van der Waals surface area (Å²) in [6.07, 6.45) is -4.94. The van der Waals surface area contributed by atoms with Crippen LogP contribution in [0.25, 0.3) is 0 Å². The van der Waals surface area contributed by atoms with E-state index in [1.54, 1.807) is 5.32 Å². The van der Waals surface area contributed by atoms with Crippen LogP contribution in [0.4, 0.5) is 13.2 Å². The number of methoxy groups -OCH3 is 2. The molecule has 0 aliphatic rings. The first-order valence-corrected chi connectivity index (χ1v) is 6.15. The van der Waals surface area contributed by atoms with Crippen molar-refractivity contribution in [3.63, 3.8) is 0 Å². The Bertz CT molecular complexity index is 547. The highest BCUT2D eigenvalue weighted by Crippen LogP contribution is 2.27. The molecule has 2 N–H and O–H groups in total. The van der Waals surface area contributed by atoms with Crippen molar-refractivity contribution in [3.8, 4) is 11.5 Å². The van der Waals surface area contributed by atoms with Crippen molar-refractivity contribution < 1.29 is 32.2 Å². The Balaban J connectivity index is 2.51. The lowest BCUT2D eigenvalue weighted by Crippen LogP contribution is -2.41. The second-order valence-corrected chi connectivity index (χ2v) is 4.08. The van der Waals surface area contributed by atoms with E-state index in [0.29, 0.717) is 11.5 Å². The van der Waals surface area contributed by atoms with Gasteiger partial charge in [0.25, 0.3) is 5.91 Å². The highest BCUT2D eigenvalue weighted by atomic mass is 19.4.